The molecule has 1 heterocycles. The molecule has 1 aliphatic heterocycles. The molecule has 1 fully saturated rings. The van der Waals surface area contributed by atoms with Crippen LogP contribution in [0.1, 0.15) is 41.0 Å². The van der Waals surface area contributed by atoms with E-state index in [-0.39, 0.29) is 0 Å². The Morgan fingerprint density at radius 2 is 1.50 bits per heavy atom. The SMILES string of the molecule is CC.CCN1CC(C)CC(C)C1. The largest absolute Gasteiger partial charge is 0.303 e. The Kier molecular flexibility index (Phi) is 6.45. The Balaban J connectivity index is 0.000000561. The van der Waals surface area contributed by atoms with Gasteiger partial charge in [-0.05, 0) is 24.8 Å². The van der Waals surface area contributed by atoms with Crippen molar-refractivity contribution in [3.05, 3.63) is 0 Å². The van der Waals surface area contributed by atoms with E-state index < -0.39 is 0 Å². The van der Waals surface area contributed by atoms with E-state index in [1.54, 1.807) is 0 Å². The molecule has 74 valence electrons. The molecule has 1 heteroatoms. The monoisotopic (exact) mass is 171 g/mol. The number of nitrogens with zero attached hydrogens (tertiary/aromatic N) is 1. The molecule has 1 rings (SSSR count). The minimum Gasteiger partial charge on any atom is -0.303 e. The Hall–Kier alpha value is -0.0400. The van der Waals surface area contributed by atoms with Crippen molar-refractivity contribution in [2.75, 3.05) is 19.6 Å². The first kappa shape index (κ1) is 12.0. The summed E-state index contributed by atoms with van der Waals surface area (Å²) >= 11 is 0. The van der Waals surface area contributed by atoms with Gasteiger partial charge < -0.3 is 4.90 Å². The van der Waals surface area contributed by atoms with E-state index in [1.165, 1.54) is 26.1 Å². The highest BCUT2D eigenvalue weighted by atomic mass is 15.1. The third-order valence-corrected chi connectivity index (χ3v) is 2.39. The molecular formula is C11H25N. The summed E-state index contributed by atoms with van der Waals surface area (Å²) in [7, 11) is 0. The van der Waals surface area contributed by atoms with Crippen molar-refractivity contribution in [3.63, 3.8) is 0 Å². The van der Waals surface area contributed by atoms with Crippen LogP contribution in [0.4, 0.5) is 0 Å². The van der Waals surface area contributed by atoms with Gasteiger partial charge in [-0.2, -0.15) is 0 Å². The molecule has 0 spiro atoms. The molecule has 0 saturated carbocycles. The van der Waals surface area contributed by atoms with E-state index in [0.717, 1.165) is 11.8 Å². The molecule has 0 aromatic rings. The fourth-order valence-corrected chi connectivity index (χ4v) is 2.05. The quantitative estimate of drug-likeness (QED) is 0.586. The fraction of sp³-hybridized carbons (Fsp3) is 1.00. The number of hydrogen-bond acceptors (Lipinski definition) is 1. The number of piperidine rings is 1. The predicted octanol–water partition coefficient (Wildman–Crippen LogP) is 3.01. The van der Waals surface area contributed by atoms with Crippen molar-refractivity contribution in [1.82, 2.24) is 4.90 Å². The summed E-state index contributed by atoms with van der Waals surface area (Å²) in [6.45, 7) is 14.8. The normalized spacial score (nSPS) is 30.8. The molecule has 1 aliphatic rings. The van der Waals surface area contributed by atoms with Crippen LogP contribution in [0.2, 0.25) is 0 Å². The molecule has 0 aromatic carbocycles. The predicted molar refractivity (Wildman–Crippen MR) is 56.4 cm³/mol. The van der Waals surface area contributed by atoms with Gasteiger partial charge in [-0.15, -0.1) is 0 Å². The topological polar surface area (TPSA) is 3.24 Å². The molecule has 0 amide bonds. The summed E-state index contributed by atoms with van der Waals surface area (Å²) in [6, 6.07) is 0. The van der Waals surface area contributed by atoms with Crippen molar-refractivity contribution in [3.8, 4) is 0 Å². The highest BCUT2D eigenvalue weighted by Gasteiger charge is 2.19. The number of likely N-dealkylation sites (tertiary alicyclic amines) is 1. The van der Waals surface area contributed by atoms with Crippen LogP contribution < -0.4 is 0 Å². The first-order chi connectivity index (χ1) is 5.72. The average molecular weight is 171 g/mol. The molecule has 0 aliphatic carbocycles. The van der Waals surface area contributed by atoms with Crippen LogP contribution in [0.25, 0.3) is 0 Å². The lowest BCUT2D eigenvalue weighted by Gasteiger charge is -2.33. The minimum absolute atomic E-state index is 0.920. The lowest BCUT2D eigenvalue weighted by Crippen LogP contribution is -2.38. The van der Waals surface area contributed by atoms with Crippen LogP contribution in [-0.4, -0.2) is 24.5 Å². The zero-order valence-corrected chi connectivity index (χ0v) is 9.43. The number of hydrogen-bond donors (Lipinski definition) is 0. The lowest BCUT2D eigenvalue weighted by molar-refractivity contribution is 0.148. The molecule has 12 heavy (non-hydrogen) atoms. The molecule has 0 radical (unpaired) electrons. The molecule has 0 bridgehead atoms. The van der Waals surface area contributed by atoms with Gasteiger partial charge in [0.05, 0.1) is 0 Å². The second-order valence-corrected chi connectivity index (χ2v) is 3.80. The summed E-state index contributed by atoms with van der Waals surface area (Å²) in [4.78, 5) is 2.55. The van der Waals surface area contributed by atoms with Gasteiger partial charge in [0.1, 0.15) is 0 Å². The van der Waals surface area contributed by atoms with E-state index in [2.05, 4.69) is 25.7 Å². The van der Waals surface area contributed by atoms with Crippen molar-refractivity contribution in [2.45, 2.75) is 41.0 Å². The summed E-state index contributed by atoms with van der Waals surface area (Å²) in [6.07, 6.45) is 1.43. The first-order valence-electron chi connectivity index (χ1n) is 5.44. The highest BCUT2D eigenvalue weighted by Crippen LogP contribution is 2.19. The average Bonchev–Trinajstić information content (AvgIpc) is 2.06. The minimum atomic E-state index is 0.920. The van der Waals surface area contributed by atoms with E-state index in [1.807, 2.05) is 13.8 Å². The van der Waals surface area contributed by atoms with Crippen LogP contribution in [0, 0.1) is 11.8 Å². The van der Waals surface area contributed by atoms with Crippen LogP contribution in [0.5, 0.6) is 0 Å². The Morgan fingerprint density at radius 3 is 1.83 bits per heavy atom. The Bertz CT molecular complexity index is 91.2. The number of rotatable bonds is 1. The van der Waals surface area contributed by atoms with Crippen LogP contribution in [0.15, 0.2) is 0 Å². The first-order valence-corrected chi connectivity index (χ1v) is 5.44. The highest BCUT2D eigenvalue weighted by molar-refractivity contribution is 4.73. The Morgan fingerprint density at radius 1 is 1.08 bits per heavy atom. The van der Waals surface area contributed by atoms with Crippen molar-refractivity contribution < 1.29 is 0 Å². The van der Waals surface area contributed by atoms with Crippen LogP contribution in [0.3, 0.4) is 0 Å². The summed E-state index contributed by atoms with van der Waals surface area (Å²) in [5.74, 6) is 1.84. The van der Waals surface area contributed by atoms with Gasteiger partial charge in [0, 0.05) is 13.1 Å². The third kappa shape index (κ3) is 4.10. The molecule has 1 nitrogen and oxygen atoms in total. The van der Waals surface area contributed by atoms with Crippen LogP contribution in [-0.2, 0) is 0 Å². The zero-order chi connectivity index (χ0) is 9.56. The summed E-state index contributed by atoms with van der Waals surface area (Å²) in [5.41, 5.74) is 0. The molecule has 0 N–H and O–H groups in total. The molecule has 0 aromatic heterocycles. The maximum Gasteiger partial charge on any atom is 0.000712 e. The maximum absolute atomic E-state index is 2.55. The third-order valence-electron chi connectivity index (χ3n) is 2.39. The summed E-state index contributed by atoms with van der Waals surface area (Å²) < 4.78 is 0. The van der Waals surface area contributed by atoms with E-state index in [4.69, 9.17) is 0 Å². The van der Waals surface area contributed by atoms with Crippen molar-refractivity contribution in [1.29, 1.82) is 0 Å². The maximum atomic E-state index is 2.55. The van der Waals surface area contributed by atoms with Gasteiger partial charge >= 0.3 is 0 Å². The van der Waals surface area contributed by atoms with Gasteiger partial charge in [-0.3, -0.25) is 0 Å². The molecule has 2 atom stereocenters. The molecule has 2 unspecified atom stereocenters. The molecular weight excluding hydrogens is 146 g/mol. The van der Waals surface area contributed by atoms with Gasteiger partial charge in [-0.25, -0.2) is 0 Å². The van der Waals surface area contributed by atoms with Gasteiger partial charge in [-0.1, -0.05) is 34.6 Å². The lowest BCUT2D eigenvalue weighted by atomic mass is 9.92. The van der Waals surface area contributed by atoms with E-state index in [9.17, 15) is 0 Å². The second-order valence-electron chi connectivity index (χ2n) is 3.80. The van der Waals surface area contributed by atoms with E-state index >= 15 is 0 Å². The van der Waals surface area contributed by atoms with Crippen molar-refractivity contribution >= 4 is 0 Å². The smallest absolute Gasteiger partial charge is 0.000712 e. The van der Waals surface area contributed by atoms with Gasteiger partial charge in [0.15, 0.2) is 0 Å². The zero-order valence-electron chi connectivity index (χ0n) is 9.43. The second kappa shape index (κ2) is 6.47. The van der Waals surface area contributed by atoms with E-state index in [0.29, 0.717) is 0 Å². The standard InChI is InChI=1S/C9H19N.C2H6/c1-4-10-6-8(2)5-9(3)7-10;1-2/h8-9H,4-7H2,1-3H3;1-2H3. The van der Waals surface area contributed by atoms with Gasteiger partial charge in [0.25, 0.3) is 0 Å². The van der Waals surface area contributed by atoms with Crippen molar-refractivity contribution in [2.24, 2.45) is 11.8 Å². The Labute approximate surface area is 78.1 Å². The fourth-order valence-electron chi connectivity index (χ4n) is 2.05. The van der Waals surface area contributed by atoms with Crippen LogP contribution >= 0.6 is 0 Å². The molecule has 1 saturated heterocycles. The van der Waals surface area contributed by atoms with Gasteiger partial charge in [0.2, 0.25) is 0 Å². The summed E-state index contributed by atoms with van der Waals surface area (Å²) in [5, 5.41) is 0.